The van der Waals surface area contributed by atoms with Crippen molar-refractivity contribution in [3.8, 4) is 0 Å². The third-order valence-corrected chi connectivity index (χ3v) is 5.63. The zero-order valence-corrected chi connectivity index (χ0v) is 19.7. The topological polar surface area (TPSA) is 66.4 Å². The lowest BCUT2D eigenvalue weighted by Crippen LogP contribution is -2.00. The molecule has 2 rings (SSSR count). The van der Waals surface area contributed by atoms with Crippen molar-refractivity contribution in [3.63, 3.8) is 0 Å². The van der Waals surface area contributed by atoms with Crippen molar-refractivity contribution in [2.75, 3.05) is 11.9 Å². The Morgan fingerprint density at radius 2 is 1.53 bits per heavy atom. The van der Waals surface area contributed by atoms with E-state index in [1.54, 1.807) is 6.07 Å². The molecule has 0 fully saturated rings. The standard InChI is InChI=1S/C16H27N.C8H10O2S.CH2O/c1-3-5-7-8-9-15-10-12-16(13-11-15)17-14-6-4-2;1-2-3-6-4-5-7(11-6)8(9)10;1-2/h10-13,17H,3-9,14H2,1-2H3;4-5H,2-3H2,1H3,(H,9,10);1H2. The van der Waals surface area contributed by atoms with Crippen LogP contribution >= 0.6 is 11.3 Å². The minimum absolute atomic E-state index is 0.438. The number of benzene rings is 1. The number of aromatic carboxylic acids is 1. The van der Waals surface area contributed by atoms with Gasteiger partial charge in [-0.05, 0) is 55.5 Å². The number of carboxylic acids is 1. The number of carbonyl (C=O) groups is 2. The highest BCUT2D eigenvalue weighted by atomic mass is 32.1. The summed E-state index contributed by atoms with van der Waals surface area (Å²) in [6.07, 6.45) is 11.2. The van der Waals surface area contributed by atoms with Gasteiger partial charge in [-0.25, -0.2) is 4.79 Å². The molecule has 0 unspecified atom stereocenters. The van der Waals surface area contributed by atoms with Gasteiger partial charge in [-0.2, -0.15) is 0 Å². The first-order valence-electron chi connectivity index (χ1n) is 11.0. The van der Waals surface area contributed by atoms with Crippen LogP contribution in [0.1, 0.15) is 85.8 Å². The number of hydrogen-bond acceptors (Lipinski definition) is 4. The number of thiophene rings is 1. The SMILES string of the molecule is C=O.CCCCCCc1ccc(NCCCC)cc1.CCCc1ccc(C(=O)O)s1. The number of nitrogens with one attached hydrogen (secondary N) is 1. The van der Waals surface area contributed by atoms with Gasteiger partial charge in [-0.15, -0.1) is 11.3 Å². The molecular formula is C25H39NO3S. The highest BCUT2D eigenvalue weighted by Crippen LogP contribution is 2.17. The molecule has 1 aromatic heterocycles. The van der Waals surface area contributed by atoms with Crippen LogP contribution in [0.4, 0.5) is 5.69 Å². The first-order valence-corrected chi connectivity index (χ1v) is 11.9. The van der Waals surface area contributed by atoms with Crippen LogP contribution in [0.3, 0.4) is 0 Å². The molecule has 30 heavy (non-hydrogen) atoms. The predicted octanol–water partition coefficient (Wildman–Crippen LogP) is 7.24. The van der Waals surface area contributed by atoms with Crippen molar-refractivity contribution in [2.45, 2.75) is 78.6 Å². The fourth-order valence-corrected chi connectivity index (χ4v) is 3.78. The maximum absolute atomic E-state index is 10.4. The van der Waals surface area contributed by atoms with Crippen molar-refractivity contribution >= 4 is 29.8 Å². The number of unbranched alkanes of at least 4 members (excludes halogenated alkanes) is 4. The van der Waals surface area contributed by atoms with Crippen LogP contribution in [0.5, 0.6) is 0 Å². The molecule has 5 heteroatoms. The monoisotopic (exact) mass is 433 g/mol. The molecule has 4 nitrogen and oxygen atoms in total. The first-order chi connectivity index (χ1) is 14.6. The highest BCUT2D eigenvalue weighted by molar-refractivity contribution is 7.13. The number of anilines is 1. The van der Waals surface area contributed by atoms with E-state index in [2.05, 4.69) is 50.4 Å². The molecule has 1 aromatic carbocycles. The van der Waals surface area contributed by atoms with Crippen molar-refractivity contribution in [2.24, 2.45) is 0 Å². The Bertz CT molecular complexity index is 667. The molecule has 0 bridgehead atoms. The molecule has 0 spiro atoms. The molecule has 0 aliphatic heterocycles. The lowest BCUT2D eigenvalue weighted by Gasteiger charge is -2.06. The summed E-state index contributed by atoms with van der Waals surface area (Å²) in [5.74, 6) is -0.822. The zero-order valence-electron chi connectivity index (χ0n) is 18.9. The largest absolute Gasteiger partial charge is 0.477 e. The summed E-state index contributed by atoms with van der Waals surface area (Å²) in [7, 11) is 0. The Morgan fingerprint density at radius 1 is 0.867 bits per heavy atom. The van der Waals surface area contributed by atoms with Gasteiger partial charge in [0.2, 0.25) is 0 Å². The zero-order chi connectivity index (χ0) is 22.6. The maximum Gasteiger partial charge on any atom is 0.345 e. The van der Waals surface area contributed by atoms with E-state index >= 15 is 0 Å². The third kappa shape index (κ3) is 13.2. The third-order valence-electron chi connectivity index (χ3n) is 4.50. The van der Waals surface area contributed by atoms with Crippen LogP contribution in [-0.4, -0.2) is 24.4 Å². The molecule has 0 atom stereocenters. The Labute approximate surface area is 186 Å². The van der Waals surface area contributed by atoms with Gasteiger partial charge in [0, 0.05) is 17.1 Å². The predicted molar refractivity (Wildman–Crippen MR) is 130 cm³/mol. The molecule has 0 aliphatic rings. The van der Waals surface area contributed by atoms with Gasteiger partial charge < -0.3 is 15.2 Å². The summed E-state index contributed by atoms with van der Waals surface area (Å²) in [6, 6.07) is 12.5. The van der Waals surface area contributed by atoms with Gasteiger partial charge in [0.1, 0.15) is 11.7 Å². The molecule has 0 amide bonds. The molecule has 0 radical (unpaired) electrons. The van der Waals surface area contributed by atoms with Gasteiger partial charge >= 0.3 is 5.97 Å². The Morgan fingerprint density at radius 3 is 2.07 bits per heavy atom. The first kappa shape index (κ1) is 27.9. The van der Waals surface area contributed by atoms with Gasteiger partial charge in [0.05, 0.1) is 0 Å². The smallest absolute Gasteiger partial charge is 0.345 e. The van der Waals surface area contributed by atoms with Crippen molar-refractivity contribution in [3.05, 3.63) is 51.7 Å². The summed E-state index contributed by atoms with van der Waals surface area (Å²) in [5.41, 5.74) is 2.73. The van der Waals surface area contributed by atoms with Crippen LogP contribution in [0.25, 0.3) is 0 Å². The second-order valence-corrected chi connectivity index (χ2v) is 8.28. The average molecular weight is 434 g/mol. The lowest BCUT2D eigenvalue weighted by molar-refractivity contribution is -0.0980. The van der Waals surface area contributed by atoms with Gasteiger partial charge in [-0.3, -0.25) is 0 Å². The van der Waals surface area contributed by atoms with Gasteiger partial charge in [0.15, 0.2) is 0 Å². The van der Waals surface area contributed by atoms with E-state index in [-0.39, 0.29) is 0 Å². The normalized spacial score (nSPS) is 9.70. The number of rotatable bonds is 12. The molecule has 2 aromatic rings. The van der Waals surface area contributed by atoms with Crippen LogP contribution < -0.4 is 5.32 Å². The van der Waals surface area contributed by atoms with E-state index in [0.717, 1.165) is 24.3 Å². The van der Waals surface area contributed by atoms with Gasteiger partial charge in [0.25, 0.3) is 0 Å². The van der Waals surface area contributed by atoms with Crippen LogP contribution in [0.2, 0.25) is 0 Å². The van der Waals surface area contributed by atoms with E-state index in [0.29, 0.717) is 4.88 Å². The van der Waals surface area contributed by atoms with E-state index in [4.69, 9.17) is 9.90 Å². The molecule has 1 heterocycles. The van der Waals surface area contributed by atoms with Crippen LogP contribution in [0, 0.1) is 0 Å². The van der Waals surface area contributed by atoms with Crippen LogP contribution in [0.15, 0.2) is 36.4 Å². The number of carboxylic acid groups (broad SMARTS) is 1. The van der Waals surface area contributed by atoms with Crippen LogP contribution in [-0.2, 0) is 17.6 Å². The van der Waals surface area contributed by atoms with Crippen molar-refractivity contribution in [1.29, 1.82) is 0 Å². The van der Waals surface area contributed by atoms with Gasteiger partial charge in [-0.1, -0.05) is 65.0 Å². The van der Waals surface area contributed by atoms with E-state index in [1.807, 2.05) is 12.9 Å². The molecule has 168 valence electrons. The number of aryl methyl sites for hydroxylation is 2. The summed E-state index contributed by atoms with van der Waals surface area (Å²) < 4.78 is 0. The summed E-state index contributed by atoms with van der Waals surface area (Å²) in [6.45, 7) is 9.66. The fourth-order valence-electron chi connectivity index (χ4n) is 2.83. The molecule has 0 saturated heterocycles. The molecule has 2 N–H and O–H groups in total. The minimum atomic E-state index is -0.822. The second kappa shape index (κ2) is 18.9. The molecular weight excluding hydrogens is 394 g/mol. The second-order valence-electron chi connectivity index (χ2n) is 7.11. The van der Waals surface area contributed by atoms with Crippen molar-refractivity contribution < 1.29 is 14.7 Å². The van der Waals surface area contributed by atoms with Crippen molar-refractivity contribution in [1.82, 2.24) is 0 Å². The highest BCUT2D eigenvalue weighted by Gasteiger charge is 2.05. The fraction of sp³-hybridized carbons (Fsp3) is 0.520. The number of hydrogen-bond donors (Lipinski definition) is 2. The quantitative estimate of drug-likeness (QED) is 0.346. The maximum atomic E-state index is 10.4. The minimum Gasteiger partial charge on any atom is -0.477 e. The number of carbonyl (C=O) groups excluding carboxylic acids is 1. The summed E-state index contributed by atoms with van der Waals surface area (Å²) >= 11 is 1.37. The van der Waals surface area contributed by atoms with E-state index < -0.39 is 5.97 Å². The summed E-state index contributed by atoms with van der Waals surface area (Å²) in [5, 5.41) is 12.0. The Hall–Kier alpha value is -2.14. The summed E-state index contributed by atoms with van der Waals surface area (Å²) in [4.78, 5) is 20.0. The Kier molecular flexibility index (Phi) is 17.5. The van der Waals surface area contributed by atoms with E-state index in [9.17, 15) is 4.79 Å². The molecule has 0 saturated carbocycles. The molecule has 0 aliphatic carbocycles. The Balaban J connectivity index is 0.000000557. The van der Waals surface area contributed by atoms with E-state index in [1.165, 1.54) is 67.5 Å². The average Bonchev–Trinajstić information content (AvgIpc) is 3.24. The lowest BCUT2D eigenvalue weighted by atomic mass is 10.1.